The van der Waals surface area contributed by atoms with Gasteiger partial charge in [0.15, 0.2) is 17.7 Å². The lowest BCUT2D eigenvalue weighted by Gasteiger charge is -2.24. The molecule has 10 nitrogen and oxygen atoms in total. The number of halogens is 1. The molecule has 0 amide bonds. The van der Waals surface area contributed by atoms with Crippen LogP contribution in [-0.2, 0) is 24.1 Å². The van der Waals surface area contributed by atoms with Crippen molar-refractivity contribution in [3.63, 3.8) is 0 Å². The van der Waals surface area contributed by atoms with Crippen molar-refractivity contribution in [2.45, 2.75) is 70.2 Å². The van der Waals surface area contributed by atoms with Crippen LogP contribution in [0.5, 0.6) is 5.75 Å². The van der Waals surface area contributed by atoms with Gasteiger partial charge in [-0.3, -0.25) is 9.05 Å². The Kier molecular flexibility index (Phi) is 11.2. The second-order valence-corrected chi connectivity index (χ2v) is 10.8. The van der Waals surface area contributed by atoms with Crippen LogP contribution >= 0.6 is 20.2 Å². The Hall–Kier alpha value is -2.51. The number of aromatic nitrogens is 3. The third-order valence-electron chi connectivity index (χ3n) is 6.42. The molecule has 1 aliphatic rings. The van der Waals surface area contributed by atoms with E-state index in [4.69, 9.17) is 40.4 Å². The molecule has 39 heavy (non-hydrogen) atoms. The SMILES string of the molecule is CCCCCCCCOCCOP(Oc1ccccc1Cl)OC1CCC(C#N)(c2ccc3c(N)ncnn23)O1. The summed E-state index contributed by atoms with van der Waals surface area (Å²) >= 11 is 6.30. The molecule has 3 unspecified atom stereocenters. The highest BCUT2D eigenvalue weighted by molar-refractivity contribution is 7.42. The first-order chi connectivity index (χ1) is 19.1. The molecule has 0 saturated carbocycles. The Morgan fingerprint density at radius 2 is 1.97 bits per heavy atom. The molecule has 210 valence electrons. The number of nitriles is 1. The van der Waals surface area contributed by atoms with Crippen LogP contribution in [0.3, 0.4) is 0 Å². The lowest BCUT2D eigenvalue weighted by molar-refractivity contribution is -0.110. The van der Waals surface area contributed by atoms with E-state index in [1.54, 1.807) is 28.8 Å². The lowest BCUT2D eigenvalue weighted by Crippen LogP contribution is -2.27. The van der Waals surface area contributed by atoms with E-state index in [2.05, 4.69) is 23.1 Å². The van der Waals surface area contributed by atoms with Gasteiger partial charge in [0.1, 0.15) is 23.7 Å². The van der Waals surface area contributed by atoms with Crippen LogP contribution in [0.25, 0.3) is 5.52 Å². The standard InChI is InChI=1S/C27H35ClN5O5P/c1-2-3-4-5-6-9-16-34-17-18-35-39(37-23-11-8-7-10-21(23)28)38-25-14-15-27(19-29,36-25)24-13-12-22-26(30)31-20-32-33(22)24/h7-8,10-13,20,25H,2-6,9,14-18H2,1H3,(H2,30,31,32). The summed E-state index contributed by atoms with van der Waals surface area (Å²) in [5.41, 5.74) is 5.85. The van der Waals surface area contributed by atoms with Gasteiger partial charge in [0.2, 0.25) is 0 Å². The van der Waals surface area contributed by atoms with Crippen molar-refractivity contribution in [3.8, 4) is 11.8 Å². The summed E-state index contributed by atoms with van der Waals surface area (Å²) in [6.45, 7) is 3.59. The molecule has 1 saturated heterocycles. The molecule has 1 aromatic carbocycles. The number of benzene rings is 1. The average molecular weight is 576 g/mol. The number of ether oxygens (including phenoxy) is 2. The van der Waals surface area contributed by atoms with Crippen molar-refractivity contribution in [3.05, 3.63) is 53.4 Å². The maximum Gasteiger partial charge on any atom is 0.399 e. The molecule has 0 radical (unpaired) electrons. The van der Waals surface area contributed by atoms with Gasteiger partial charge in [-0.05, 0) is 30.7 Å². The van der Waals surface area contributed by atoms with Crippen molar-refractivity contribution in [2.24, 2.45) is 0 Å². The number of fused-ring (bicyclic) bond motifs is 1. The first-order valence-corrected chi connectivity index (χ1v) is 14.8. The minimum Gasteiger partial charge on any atom is -0.425 e. The average Bonchev–Trinajstić information content (AvgIpc) is 3.57. The highest BCUT2D eigenvalue weighted by Crippen LogP contribution is 2.48. The molecule has 2 N–H and O–H groups in total. The number of nitrogens with two attached hydrogens (primary N) is 1. The van der Waals surface area contributed by atoms with Crippen LogP contribution in [0.1, 0.15) is 64.0 Å². The van der Waals surface area contributed by atoms with Gasteiger partial charge in [-0.1, -0.05) is 62.8 Å². The fraction of sp³-hybridized carbons (Fsp3) is 0.519. The summed E-state index contributed by atoms with van der Waals surface area (Å²) in [7, 11) is -1.89. The fourth-order valence-corrected chi connectivity index (χ4v) is 5.62. The van der Waals surface area contributed by atoms with Crippen LogP contribution in [0.2, 0.25) is 5.02 Å². The number of nitrogen functional groups attached to an aromatic ring is 1. The highest BCUT2D eigenvalue weighted by Gasteiger charge is 2.46. The minimum atomic E-state index is -1.89. The maximum absolute atomic E-state index is 10.1. The van der Waals surface area contributed by atoms with Crippen molar-refractivity contribution < 1.29 is 23.0 Å². The smallest absolute Gasteiger partial charge is 0.399 e. The third kappa shape index (κ3) is 7.79. The topological polar surface area (TPSA) is 126 Å². The summed E-state index contributed by atoms with van der Waals surface area (Å²) in [6, 6.07) is 12.9. The Labute approximate surface area is 235 Å². The number of para-hydroxylation sites is 1. The van der Waals surface area contributed by atoms with E-state index in [1.807, 2.05) is 12.1 Å². The highest BCUT2D eigenvalue weighted by atomic mass is 35.5. The van der Waals surface area contributed by atoms with Crippen LogP contribution in [0.15, 0.2) is 42.7 Å². The zero-order valence-corrected chi connectivity index (χ0v) is 23.8. The van der Waals surface area contributed by atoms with Crippen molar-refractivity contribution in [2.75, 3.05) is 25.6 Å². The van der Waals surface area contributed by atoms with E-state index in [1.165, 1.54) is 38.4 Å². The predicted molar refractivity (Wildman–Crippen MR) is 149 cm³/mol. The van der Waals surface area contributed by atoms with E-state index in [0.29, 0.717) is 53.9 Å². The quantitative estimate of drug-likeness (QED) is 0.150. The molecular weight excluding hydrogens is 541 g/mol. The minimum absolute atomic E-state index is 0.279. The van der Waals surface area contributed by atoms with Gasteiger partial charge < -0.3 is 19.7 Å². The molecule has 2 aromatic heterocycles. The van der Waals surface area contributed by atoms with Crippen molar-refractivity contribution in [1.29, 1.82) is 5.26 Å². The van der Waals surface area contributed by atoms with E-state index < -0.39 is 20.5 Å². The number of hydrogen-bond donors (Lipinski definition) is 1. The van der Waals surface area contributed by atoms with E-state index in [9.17, 15) is 5.26 Å². The molecule has 0 aliphatic carbocycles. The molecule has 3 atom stereocenters. The third-order valence-corrected chi connectivity index (χ3v) is 7.88. The van der Waals surface area contributed by atoms with Crippen LogP contribution in [0.4, 0.5) is 5.82 Å². The van der Waals surface area contributed by atoms with Crippen molar-refractivity contribution >= 4 is 31.5 Å². The number of unbranched alkanes of at least 4 members (excludes halogenated alkanes) is 5. The van der Waals surface area contributed by atoms with Crippen LogP contribution in [-0.4, -0.2) is 40.7 Å². The first kappa shape index (κ1) is 29.5. The largest absolute Gasteiger partial charge is 0.425 e. The van der Waals surface area contributed by atoms with Gasteiger partial charge in [0.25, 0.3) is 0 Å². The van der Waals surface area contributed by atoms with Gasteiger partial charge in [-0.25, -0.2) is 9.50 Å². The molecule has 0 bridgehead atoms. The molecule has 4 rings (SSSR count). The predicted octanol–water partition coefficient (Wildman–Crippen LogP) is 6.54. The molecular formula is C27H35ClN5O5P. The Morgan fingerprint density at radius 1 is 1.15 bits per heavy atom. The van der Waals surface area contributed by atoms with Gasteiger partial charge in [-0.2, -0.15) is 10.4 Å². The van der Waals surface area contributed by atoms with E-state index in [0.717, 1.165) is 6.42 Å². The molecule has 1 fully saturated rings. The number of anilines is 1. The number of hydrogen-bond acceptors (Lipinski definition) is 9. The lowest BCUT2D eigenvalue weighted by atomic mass is 9.98. The van der Waals surface area contributed by atoms with Crippen LogP contribution in [0, 0.1) is 11.3 Å². The fourth-order valence-electron chi connectivity index (χ4n) is 4.35. The van der Waals surface area contributed by atoms with Crippen LogP contribution < -0.4 is 10.3 Å². The van der Waals surface area contributed by atoms with Crippen molar-refractivity contribution in [1.82, 2.24) is 14.6 Å². The molecule has 1 aliphatic heterocycles. The number of nitrogens with zero attached hydrogens (tertiary/aromatic N) is 4. The van der Waals surface area contributed by atoms with E-state index >= 15 is 0 Å². The molecule has 12 heteroatoms. The summed E-state index contributed by atoms with van der Waals surface area (Å²) in [5, 5.41) is 14.8. The summed E-state index contributed by atoms with van der Waals surface area (Å²) < 4.78 is 31.5. The summed E-state index contributed by atoms with van der Waals surface area (Å²) in [5.74, 6) is 0.756. The van der Waals surface area contributed by atoms with Gasteiger partial charge in [-0.15, -0.1) is 0 Å². The molecule has 3 heterocycles. The molecule has 3 aromatic rings. The summed E-state index contributed by atoms with van der Waals surface area (Å²) in [4.78, 5) is 4.01. The normalized spacial score (nSPS) is 19.8. The zero-order chi connectivity index (χ0) is 27.5. The Bertz CT molecular complexity index is 1240. The van der Waals surface area contributed by atoms with Gasteiger partial charge >= 0.3 is 8.60 Å². The second-order valence-electron chi connectivity index (χ2n) is 9.25. The molecule has 0 spiro atoms. The maximum atomic E-state index is 10.1. The van der Waals surface area contributed by atoms with Gasteiger partial charge in [0.05, 0.1) is 23.9 Å². The number of rotatable bonds is 16. The Balaban J connectivity index is 1.34. The first-order valence-electron chi connectivity index (χ1n) is 13.3. The monoisotopic (exact) mass is 575 g/mol. The summed E-state index contributed by atoms with van der Waals surface area (Å²) in [6.07, 6.45) is 8.68. The van der Waals surface area contributed by atoms with E-state index in [-0.39, 0.29) is 6.61 Å². The Morgan fingerprint density at radius 3 is 2.79 bits per heavy atom. The van der Waals surface area contributed by atoms with Gasteiger partial charge in [0, 0.05) is 19.4 Å². The zero-order valence-electron chi connectivity index (χ0n) is 22.1. The second kappa shape index (κ2) is 14.8.